The highest BCUT2D eigenvalue weighted by Crippen LogP contribution is 2.20. The zero-order valence-electron chi connectivity index (χ0n) is 13.9. The molecule has 2 rings (SSSR count). The van der Waals surface area contributed by atoms with Gasteiger partial charge in [0.05, 0.1) is 4.90 Å². The minimum Gasteiger partial charge on any atom is -0.480 e. The Kier molecular flexibility index (Phi) is 5.41. The first kappa shape index (κ1) is 18.2. The highest BCUT2D eigenvalue weighted by atomic mass is 32.2. The summed E-state index contributed by atoms with van der Waals surface area (Å²) < 4.78 is 26.3. The van der Waals surface area contributed by atoms with E-state index in [2.05, 4.69) is 0 Å². The van der Waals surface area contributed by atoms with Gasteiger partial charge in [-0.15, -0.1) is 0 Å². The van der Waals surface area contributed by atoms with Crippen LogP contribution in [0.3, 0.4) is 0 Å². The summed E-state index contributed by atoms with van der Waals surface area (Å²) in [5.41, 5.74) is 2.77. The molecule has 0 radical (unpaired) electrons. The summed E-state index contributed by atoms with van der Waals surface area (Å²) >= 11 is 0. The van der Waals surface area contributed by atoms with Gasteiger partial charge in [0.15, 0.2) is 0 Å². The van der Waals surface area contributed by atoms with Crippen LogP contribution in [-0.2, 0) is 21.2 Å². The lowest BCUT2D eigenvalue weighted by Crippen LogP contribution is -2.43. The molecule has 24 heavy (non-hydrogen) atoms. The molecule has 1 N–H and O–H groups in total. The summed E-state index contributed by atoms with van der Waals surface area (Å²) in [6, 6.07) is 12.6. The smallest absolute Gasteiger partial charge is 0.322 e. The molecule has 6 heteroatoms. The van der Waals surface area contributed by atoms with Crippen LogP contribution in [0.15, 0.2) is 53.4 Å². The fraction of sp³-hybridized carbons (Fsp3) is 0.278. The van der Waals surface area contributed by atoms with E-state index >= 15 is 0 Å². The first-order chi connectivity index (χ1) is 11.2. The van der Waals surface area contributed by atoms with E-state index in [1.54, 1.807) is 12.1 Å². The number of carboxylic acid groups (broad SMARTS) is 1. The lowest BCUT2D eigenvalue weighted by Gasteiger charge is -2.24. The average Bonchev–Trinajstić information content (AvgIpc) is 2.53. The first-order valence-corrected chi connectivity index (χ1v) is 8.99. The van der Waals surface area contributed by atoms with Gasteiger partial charge in [-0.25, -0.2) is 8.42 Å². The third-order valence-corrected chi connectivity index (χ3v) is 5.85. The SMILES string of the molecule is Cc1ccc(C[C@H](C(=O)O)N(C)S(=O)(=O)c2ccc(C)cc2)cc1. The number of rotatable bonds is 6. The zero-order valence-corrected chi connectivity index (χ0v) is 14.7. The van der Waals surface area contributed by atoms with Crippen LogP contribution in [0.5, 0.6) is 0 Å². The van der Waals surface area contributed by atoms with Crippen molar-refractivity contribution in [1.29, 1.82) is 0 Å². The van der Waals surface area contributed by atoms with Crippen LogP contribution < -0.4 is 0 Å². The molecular weight excluding hydrogens is 326 g/mol. The third kappa shape index (κ3) is 4.01. The number of carboxylic acids is 1. The molecule has 0 unspecified atom stereocenters. The van der Waals surface area contributed by atoms with Crippen LogP contribution in [0.25, 0.3) is 0 Å². The van der Waals surface area contributed by atoms with E-state index in [4.69, 9.17) is 0 Å². The summed E-state index contributed by atoms with van der Waals surface area (Å²) in [5.74, 6) is -1.17. The van der Waals surface area contributed by atoms with Gasteiger partial charge in [0.2, 0.25) is 10.0 Å². The molecule has 2 aromatic rings. The predicted molar refractivity (Wildman–Crippen MR) is 92.4 cm³/mol. The summed E-state index contributed by atoms with van der Waals surface area (Å²) in [6.07, 6.45) is 0.108. The Morgan fingerprint density at radius 2 is 1.46 bits per heavy atom. The van der Waals surface area contributed by atoms with E-state index in [0.717, 1.165) is 21.0 Å². The van der Waals surface area contributed by atoms with E-state index in [-0.39, 0.29) is 11.3 Å². The molecule has 0 heterocycles. The monoisotopic (exact) mass is 347 g/mol. The van der Waals surface area contributed by atoms with Crippen molar-refractivity contribution in [3.05, 3.63) is 65.2 Å². The fourth-order valence-corrected chi connectivity index (χ4v) is 3.68. The molecule has 0 amide bonds. The van der Waals surface area contributed by atoms with Gasteiger partial charge in [0.25, 0.3) is 0 Å². The lowest BCUT2D eigenvalue weighted by atomic mass is 10.0. The minimum atomic E-state index is -3.88. The van der Waals surface area contributed by atoms with Crippen molar-refractivity contribution in [3.8, 4) is 0 Å². The van der Waals surface area contributed by atoms with Gasteiger partial charge >= 0.3 is 5.97 Å². The maximum Gasteiger partial charge on any atom is 0.322 e. The second kappa shape index (κ2) is 7.15. The highest BCUT2D eigenvalue weighted by Gasteiger charge is 2.32. The zero-order chi connectivity index (χ0) is 17.9. The Bertz CT molecular complexity index is 811. The van der Waals surface area contributed by atoms with Crippen molar-refractivity contribution < 1.29 is 18.3 Å². The second-order valence-corrected chi connectivity index (χ2v) is 7.88. The van der Waals surface area contributed by atoms with Gasteiger partial charge in [0.1, 0.15) is 6.04 Å². The molecule has 0 aromatic heterocycles. The summed E-state index contributed by atoms with van der Waals surface area (Å²) in [7, 11) is -2.57. The molecule has 0 aliphatic carbocycles. The molecule has 1 atom stereocenters. The maximum atomic E-state index is 12.7. The highest BCUT2D eigenvalue weighted by molar-refractivity contribution is 7.89. The van der Waals surface area contributed by atoms with Gasteiger partial charge in [0, 0.05) is 7.05 Å². The molecule has 0 aliphatic heterocycles. The van der Waals surface area contributed by atoms with Crippen LogP contribution in [0.2, 0.25) is 0 Å². The lowest BCUT2D eigenvalue weighted by molar-refractivity contribution is -0.141. The Hall–Kier alpha value is -2.18. The summed E-state index contributed by atoms with van der Waals surface area (Å²) in [6.45, 7) is 3.80. The third-order valence-electron chi connectivity index (χ3n) is 3.97. The van der Waals surface area contributed by atoms with Crippen molar-refractivity contribution in [1.82, 2.24) is 4.31 Å². The second-order valence-electron chi connectivity index (χ2n) is 5.88. The largest absolute Gasteiger partial charge is 0.480 e. The van der Waals surface area contributed by atoms with Crippen LogP contribution >= 0.6 is 0 Å². The molecule has 0 bridgehead atoms. The van der Waals surface area contributed by atoms with Gasteiger partial charge < -0.3 is 5.11 Å². The molecule has 2 aromatic carbocycles. The van der Waals surface area contributed by atoms with Gasteiger partial charge in [-0.3, -0.25) is 4.79 Å². The van der Waals surface area contributed by atoms with Crippen molar-refractivity contribution in [2.45, 2.75) is 31.2 Å². The van der Waals surface area contributed by atoms with Crippen LogP contribution in [0, 0.1) is 13.8 Å². The van der Waals surface area contributed by atoms with Crippen molar-refractivity contribution in [2.75, 3.05) is 7.05 Å². The van der Waals surface area contributed by atoms with E-state index in [0.29, 0.717) is 0 Å². The summed E-state index contributed by atoms with van der Waals surface area (Å²) in [5, 5.41) is 9.51. The number of nitrogens with zero attached hydrogens (tertiary/aromatic N) is 1. The van der Waals surface area contributed by atoms with Crippen molar-refractivity contribution >= 4 is 16.0 Å². The summed E-state index contributed by atoms with van der Waals surface area (Å²) in [4.78, 5) is 11.7. The van der Waals surface area contributed by atoms with Crippen LogP contribution in [-0.4, -0.2) is 36.9 Å². The number of sulfonamides is 1. The Labute approximate surface area is 142 Å². The Morgan fingerprint density at radius 1 is 1.00 bits per heavy atom. The molecule has 5 nitrogen and oxygen atoms in total. The van der Waals surface area contributed by atoms with Crippen molar-refractivity contribution in [2.24, 2.45) is 0 Å². The normalized spacial score (nSPS) is 13.0. The number of likely N-dealkylation sites (N-methyl/N-ethyl adjacent to an activating group) is 1. The topological polar surface area (TPSA) is 74.7 Å². The number of aryl methyl sites for hydroxylation is 2. The quantitative estimate of drug-likeness (QED) is 0.872. The minimum absolute atomic E-state index is 0.0887. The molecule has 0 saturated carbocycles. The molecule has 0 aliphatic rings. The average molecular weight is 347 g/mol. The van der Waals surface area contributed by atoms with Crippen LogP contribution in [0.1, 0.15) is 16.7 Å². The molecule has 0 fully saturated rings. The van der Waals surface area contributed by atoms with Gasteiger partial charge in [-0.1, -0.05) is 47.5 Å². The number of aliphatic carboxylic acids is 1. The molecule has 0 spiro atoms. The van der Waals surface area contributed by atoms with E-state index < -0.39 is 22.0 Å². The van der Waals surface area contributed by atoms with Crippen LogP contribution in [0.4, 0.5) is 0 Å². The molecule has 0 saturated heterocycles. The number of hydrogen-bond donors (Lipinski definition) is 1. The van der Waals surface area contributed by atoms with Gasteiger partial charge in [-0.05, 0) is 38.0 Å². The maximum absolute atomic E-state index is 12.7. The predicted octanol–water partition coefficient (Wildman–Crippen LogP) is 2.62. The van der Waals surface area contributed by atoms with E-state index in [9.17, 15) is 18.3 Å². The number of hydrogen-bond acceptors (Lipinski definition) is 3. The molecular formula is C18H21NO4S. The Balaban J connectivity index is 2.31. The van der Waals surface area contributed by atoms with E-state index in [1.165, 1.54) is 19.2 Å². The molecule has 128 valence electrons. The number of carbonyl (C=O) groups is 1. The van der Waals surface area contributed by atoms with Crippen molar-refractivity contribution in [3.63, 3.8) is 0 Å². The standard InChI is InChI=1S/C18H21NO4S/c1-13-4-8-15(9-5-13)12-17(18(20)21)19(3)24(22,23)16-10-6-14(2)7-11-16/h4-11,17H,12H2,1-3H3,(H,20,21)/t17-/m1/s1. The van der Waals surface area contributed by atoms with Gasteiger partial charge in [-0.2, -0.15) is 4.31 Å². The fourth-order valence-electron chi connectivity index (χ4n) is 2.36. The Morgan fingerprint density at radius 3 is 1.92 bits per heavy atom. The first-order valence-electron chi connectivity index (χ1n) is 7.55. The van der Waals surface area contributed by atoms with E-state index in [1.807, 2.05) is 38.1 Å². The number of benzene rings is 2.